The molecule has 2 N–H and O–H groups in total. The number of benzene rings is 1. The zero-order valence-electron chi connectivity index (χ0n) is 12.8. The highest BCUT2D eigenvalue weighted by Gasteiger charge is 2.19. The van der Waals surface area contributed by atoms with E-state index in [1.807, 2.05) is 18.2 Å². The summed E-state index contributed by atoms with van der Waals surface area (Å²) in [6.45, 7) is 1.43. The van der Waals surface area contributed by atoms with Gasteiger partial charge in [0.05, 0.1) is 6.10 Å². The second-order valence-electron chi connectivity index (χ2n) is 6.39. The fourth-order valence-electron chi connectivity index (χ4n) is 3.66. The standard InChI is InChI=1S/C18H22N2O2/c21-18(19-11-13-4-3-9-22-13)12-7-8-17-15(10-12)14-5-1-2-6-16(14)20-17/h7-8,10,13,20H,1-6,9,11H2,(H,19,21). The number of nitrogens with one attached hydrogen (secondary N) is 2. The Kier molecular flexibility index (Phi) is 3.62. The molecule has 0 bridgehead atoms. The predicted molar refractivity (Wildman–Crippen MR) is 86.2 cm³/mol. The molecule has 1 atom stereocenters. The molecule has 1 aliphatic carbocycles. The fourth-order valence-corrected chi connectivity index (χ4v) is 3.66. The molecular weight excluding hydrogens is 276 g/mol. The number of carbonyl (C=O) groups excluding carboxylic acids is 1. The summed E-state index contributed by atoms with van der Waals surface area (Å²) in [5.74, 6) is 0.00293. The van der Waals surface area contributed by atoms with E-state index in [1.165, 1.54) is 29.5 Å². The molecule has 1 aromatic carbocycles. The van der Waals surface area contributed by atoms with Crippen molar-refractivity contribution >= 4 is 16.8 Å². The topological polar surface area (TPSA) is 54.1 Å². The lowest BCUT2D eigenvalue weighted by molar-refractivity contribution is 0.0858. The van der Waals surface area contributed by atoms with Gasteiger partial charge < -0.3 is 15.0 Å². The van der Waals surface area contributed by atoms with E-state index in [9.17, 15) is 4.79 Å². The number of fused-ring (bicyclic) bond motifs is 3. The SMILES string of the molecule is O=C(NCC1CCCO1)c1ccc2[nH]c3c(c2c1)CCCC3. The average molecular weight is 298 g/mol. The van der Waals surface area contributed by atoms with Gasteiger partial charge in [0.15, 0.2) is 0 Å². The molecule has 1 unspecified atom stereocenters. The molecule has 2 aliphatic rings. The number of H-pyrrole nitrogens is 1. The lowest BCUT2D eigenvalue weighted by atomic mass is 9.95. The van der Waals surface area contributed by atoms with Crippen LogP contribution < -0.4 is 5.32 Å². The van der Waals surface area contributed by atoms with E-state index in [0.717, 1.165) is 43.4 Å². The van der Waals surface area contributed by atoms with Crippen molar-refractivity contribution in [1.29, 1.82) is 0 Å². The maximum Gasteiger partial charge on any atom is 0.251 e. The van der Waals surface area contributed by atoms with Crippen LogP contribution >= 0.6 is 0 Å². The molecule has 2 heterocycles. The van der Waals surface area contributed by atoms with E-state index in [1.54, 1.807) is 0 Å². The highest BCUT2D eigenvalue weighted by molar-refractivity contribution is 5.99. The molecule has 22 heavy (non-hydrogen) atoms. The van der Waals surface area contributed by atoms with Crippen LogP contribution in [0.25, 0.3) is 10.9 Å². The second-order valence-corrected chi connectivity index (χ2v) is 6.39. The maximum atomic E-state index is 12.4. The van der Waals surface area contributed by atoms with Gasteiger partial charge in [0.1, 0.15) is 0 Å². The lowest BCUT2D eigenvalue weighted by Gasteiger charge is -2.12. The summed E-state index contributed by atoms with van der Waals surface area (Å²) in [6, 6.07) is 5.99. The molecule has 4 nitrogen and oxygen atoms in total. The molecule has 2 aromatic rings. The number of aromatic amines is 1. The molecule has 4 heteroatoms. The van der Waals surface area contributed by atoms with Crippen molar-refractivity contribution in [3.05, 3.63) is 35.0 Å². The van der Waals surface area contributed by atoms with Gasteiger partial charge in [0.25, 0.3) is 5.91 Å². The Morgan fingerprint density at radius 1 is 1.27 bits per heavy atom. The molecule has 1 saturated heterocycles. The zero-order chi connectivity index (χ0) is 14.9. The van der Waals surface area contributed by atoms with E-state index in [2.05, 4.69) is 10.3 Å². The van der Waals surface area contributed by atoms with Crippen molar-refractivity contribution in [3.8, 4) is 0 Å². The van der Waals surface area contributed by atoms with Crippen molar-refractivity contribution in [2.45, 2.75) is 44.6 Å². The van der Waals surface area contributed by atoms with Gasteiger partial charge in [-0.15, -0.1) is 0 Å². The van der Waals surface area contributed by atoms with Crippen molar-refractivity contribution in [2.75, 3.05) is 13.2 Å². The Balaban J connectivity index is 1.54. The molecule has 1 aliphatic heterocycles. The summed E-state index contributed by atoms with van der Waals surface area (Å²) in [6.07, 6.45) is 7.09. The minimum atomic E-state index is 0.00293. The molecule has 0 saturated carbocycles. The first-order valence-corrected chi connectivity index (χ1v) is 8.34. The normalized spacial score (nSPS) is 21.0. The predicted octanol–water partition coefficient (Wildman–Crippen LogP) is 2.96. The van der Waals surface area contributed by atoms with Gasteiger partial charge in [0, 0.05) is 35.3 Å². The molecule has 116 valence electrons. The lowest BCUT2D eigenvalue weighted by Crippen LogP contribution is -2.31. The van der Waals surface area contributed by atoms with Crippen LogP contribution in [0.3, 0.4) is 0 Å². The number of carbonyl (C=O) groups is 1. The van der Waals surface area contributed by atoms with Crippen LogP contribution in [0.2, 0.25) is 0 Å². The number of amides is 1. The van der Waals surface area contributed by atoms with Crippen LogP contribution in [0.15, 0.2) is 18.2 Å². The highest BCUT2D eigenvalue weighted by atomic mass is 16.5. The minimum absolute atomic E-state index is 0.00293. The molecule has 4 rings (SSSR count). The first-order valence-electron chi connectivity index (χ1n) is 8.34. The number of aromatic nitrogens is 1. The van der Waals surface area contributed by atoms with Crippen molar-refractivity contribution in [2.24, 2.45) is 0 Å². The molecule has 1 fully saturated rings. The van der Waals surface area contributed by atoms with Gasteiger partial charge in [-0.05, 0) is 62.3 Å². The van der Waals surface area contributed by atoms with Gasteiger partial charge in [-0.25, -0.2) is 0 Å². The number of ether oxygens (including phenoxy) is 1. The first-order chi connectivity index (χ1) is 10.8. The Morgan fingerprint density at radius 3 is 3.05 bits per heavy atom. The van der Waals surface area contributed by atoms with Gasteiger partial charge in [-0.1, -0.05) is 0 Å². The smallest absolute Gasteiger partial charge is 0.251 e. The Bertz CT molecular complexity index is 698. The highest BCUT2D eigenvalue weighted by Crippen LogP contribution is 2.29. The van der Waals surface area contributed by atoms with Crippen LogP contribution in [-0.4, -0.2) is 30.1 Å². The van der Waals surface area contributed by atoms with Crippen LogP contribution in [-0.2, 0) is 17.6 Å². The third-order valence-corrected chi connectivity index (χ3v) is 4.87. The molecule has 1 amide bonds. The monoisotopic (exact) mass is 298 g/mol. The summed E-state index contributed by atoms with van der Waals surface area (Å²) in [7, 11) is 0. The van der Waals surface area contributed by atoms with E-state index < -0.39 is 0 Å². The summed E-state index contributed by atoms with van der Waals surface area (Å²) in [5, 5.41) is 4.23. The van der Waals surface area contributed by atoms with Gasteiger partial charge in [-0.2, -0.15) is 0 Å². The van der Waals surface area contributed by atoms with Crippen molar-refractivity contribution in [1.82, 2.24) is 10.3 Å². The summed E-state index contributed by atoms with van der Waals surface area (Å²) in [5.41, 5.74) is 4.67. The number of hydrogen-bond donors (Lipinski definition) is 2. The summed E-state index contributed by atoms with van der Waals surface area (Å²) in [4.78, 5) is 15.9. The van der Waals surface area contributed by atoms with Gasteiger partial charge >= 0.3 is 0 Å². The van der Waals surface area contributed by atoms with E-state index in [4.69, 9.17) is 4.74 Å². The molecular formula is C18H22N2O2. The van der Waals surface area contributed by atoms with Crippen LogP contribution in [0.5, 0.6) is 0 Å². The van der Waals surface area contributed by atoms with Crippen LogP contribution in [0, 0.1) is 0 Å². The largest absolute Gasteiger partial charge is 0.376 e. The zero-order valence-corrected chi connectivity index (χ0v) is 12.8. The minimum Gasteiger partial charge on any atom is -0.376 e. The summed E-state index contributed by atoms with van der Waals surface area (Å²) < 4.78 is 5.55. The number of rotatable bonds is 3. The van der Waals surface area contributed by atoms with Crippen molar-refractivity contribution in [3.63, 3.8) is 0 Å². The van der Waals surface area contributed by atoms with E-state index in [0.29, 0.717) is 6.54 Å². The third-order valence-electron chi connectivity index (χ3n) is 4.87. The quantitative estimate of drug-likeness (QED) is 0.915. The van der Waals surface area contributed by atoms with E-state index in [-0.39, 0.29) is 12.0 Å². The van der Waals surface area contributed by atoms with Gasteiger partial charge in [-0.3, -0.25) is 4.79 Å². The second kappa shape index (κ2) is 5.76. The third kappa shape index (κ3) is 2.52. The number of hydrogen-bond acceptors (Lipinski definition) is 2. The van der Waals surface area contributed by atoms with Crippen molar-refractivity contribution < 1.29 is 9.53 Å². The molecule has 1 aromatic heterocycles. The molecule has 0 spiro atoms. The van der Waals surface area contributed by atoms with Gasteiger partial charge in [0.2, 0.25) is 0 Å². The Labute approximate surface area is 130 Å². The fraction of sp³-hybridized carbons (Fsp3) is 0.500. The Morgan fingerprint density at radius 2 is 2.18 bits per heavy atom. The average Bonchev–Trinajstić information content (AvgIpc) is 3.19. The number of aryl methyl sites for hydroxylation is 2. The first kappa shape index (κ1) is 13.8. The van der Waals surface area contributed by atoms with E-state index >= 15 is 0 Å². The van der Waals surface area contributed by atoms with Crippen LogP contribution in [0.1, 0.15) is 47.3 Å². The maximum absolute atomic E-state index is 12.4. The Hall–Kier alpha value is -1.81. The van der Waals surface area contributed by atoms with Crippen LogP contribution in [0.4, 0.5) is 0 Å². The summed E-state index contributed by atoms with van der Waals surface area (Å²) >= 11 is 0. The molecule has 0 radical (unpaired) electrons.